The standard InChI is InChI=1S/C18H24N4OS/c1-14(20-18(23)15-5-7-19-8-6-15)17(16-4-3-13-24-16)22-11-9-21(2)10-12-22/h3-8,13-14,17H,9-12H2,1-2H3,(H,20,23)/t14-,17+/m1/s1. The Labute approximate surface area is 147 Å². The molecule has 1 fully saturated rings. The van der Waals surface area contributed by atoms with Crippen LogP contribution >= 0.6 is 11.3 Å². The molecule has 0 aromatic carbocycles. The Balaban J connectivity index is 1.74. The van der Waals surface area contributed by atoms with Gasteiger partial charge in [-0.05, 0) is 37.6 Å². The van der Waals surface area contributed by atoms with Crippen LogP contribution in [0.4, 0.5) is 0 Å². The van der Waals surface area contributed by atoms with Crippen LogP contribution in [-0.4, -0.2) is 60.0 Å². The number of thiophene rings is 1. The normalized spacial score (nSPS) is 18.9. The molecule has 0 bridgehead atoms. The van der Waals surface area contributed by atoms with Crippen molar-refractivity contribution >= 4 is 17.2 Å². The highest BCUT2D eigenvalue weighted by Gasteiger charge is 2.30. The van der Waals surface area contributed by atoms with Gasteiger partial charge >= 0.3 is 0 Å². The third-order valence-corrected chi connectivity index (χ3v) is 5.48. The number of hydrogen-bond donors (Lipinski definition) is 1. The number of carbonyl (C=O) groups excluding carboxylic acids is 1. The molecule has 3 rings (SSSR count). The fourth-order valence-corrected chi connectivity index (χ4v) is 4.14. The first-order valence-corrected chi connectivity index (χ1v) is 9.20. The number of likely N-dealkylation sites (N-methyl/N-ethyl adjacent to an activating group) is 1. The van der Waals surface area contributed by atoms with Gasteiger partial charge in [0.1, 0.15) is 0 Å². The third kappa shape index (κ3) is 4.01. The molecule has 2 aromatic heterocycles. The van der Waals surface area contributed by atoms with Crippen LogP contribution in [0.5, 0.6) is 0 Å². The predicted octanol–water partition coefficient (Wildman–Crippen LogP) is 2.25. The molecular formula is C18H24N4OS. The third-order valence-electron chi connectivity index (χ3n) is 4.54. The minimum atomic E-state index is -0.0411. The summed E-state index contributed by atoms with van der Waals surface area (Å²) in [6.45, 7) is 6.27. The molecule has 2 aromatic rings. The predicted molar refractivity (Wildman–Crippen MR) is 97.3 cm³/mol. The fourth-order valence-electron chi connectivity index (χ4n) is 3.17. The van der Waals surface area contributed by atoms with Crippen molar-refractivity contribution in [1.82, 2.24) is 20.1 Å². The van der Waals surface area contributed by atoms with E-state index in [2.05, 4.69) is 51.6 Å². The molecule has 0 saturated carbocycles. The summed E-state index contributed by atoms with van der Waals surface area (Å²) in [5, 5.41) is 5.28. The largest absolute Gasteiger partial charge is 0.348 e. The molecule has 6 heteroatoms. The van der Waals surface area contributed by atoms with E-state index in [4.69, 9.17) is 0 Å². The highest BCUT2D eigenvalue weighted by Crippen LogP contribution is 2.29. The number of rotatable bonds is 5. The molecule has 3 heterocycles. The van der Waals surface area contributed by atoms with Gasteiger partial charge in [-0.25, -0.2) is 0 Å². The average Bonchev–Trinajstić information content (AvgIpc) is 3.11. The fraction of sp³-hybridized carbons (Fsp3) is 0.444. The molecule has 128 valence electrons. The molecule has 1 aliphatic heterocycles. The minimum Gasteiger partial charge on any atom is -0.348 e. The van der Waals surface area contributed by atoms with Crippen molar-refractivity contribution in [3.8, 4) is 0 Å². The van der Waals surface area contributed by atoms with Crippen molar-refractivity contribution < 1.29 is 4.79 Å². The van der Waals surface area contributed by atoms with Crippen LogP contribution in [0.3, 0.4) is 0 Å². The number of nitrogens with one attached hydrogen (secondary N) is 1. The molecule has 1 aliphatic rings. The van der Waals surface area contributed by atoms with E-state index in [9.17, 15) is 4.79 Å². The summed E-state index contributed by atoms with van der Waals surface area (Å²) in [7, 11) is 2.16. The van der Waals surface area contributed by atoms with Gasteiger partial charge in [0.2, 0.25) is 0 Å². The summed E-state index contributed by atoms with van der Waals surface area (Å²) in [6.07, 6.45) is 3.30. The van der Waals surface area contributed by atoms with E-state index in [1.54, 1.807) is 35.9 Å². The molecule has 1 amide bonds. The first kappa shape index (κ1) is 17.1. The van der Waals surface area contributed by atoms with Gasteiger partial charge in [0.15, 0.2) is 0 Å². The Kier molecular flexibility index (Phi) is 5.60. The van der Waals surface area contributed by atoms with Crippen LogP contribution in [0.25, 0.3) is 0 Å². The average molecular weight is 344 g/mol. The molecule has 1 N–H and O–H groups in total. The summed E-state index contributed by atoms with van der Waals surface area (Å²) in [5.74, 6) is -0.0411. The summed E-state index contributed by atoms with van der Waals surface area (Å²) < 4.78 is 0. The first-order chi connectivity index (χ1) is 11.6. The van der Waals surface area contributed by atoms with Crippen molar-refractivity contribution in [2.75, 3.05) is 33.2 Å². The lowest BCUT2D eigenvalue weighted by Gasteiger charge is -2.40. The van der Waals surface area contributed by atoms with Crippen molar-refractivity contribution in [3.63, 3.8) is 0 Å². The van der Waals surface area contributed by atoms with E-state index in [0.29, 0.717) is 5.56 Å². The van der Waals surface area contributed by atoms with Crippen LogP contribution < -0.4 is 5.32 Å². The number of hydrogen-bond acceptors (Lipinski definition) is 5. The summed E-state index contributed by atoms with van der Waals surface area (Å²) in [4.78, 5) is 22.6. The van der Waals surface area contributed by atoms with E-state index in [1.165, 1.54) is 4.88 Å². The highest BCUT2D eigenvalue weighted by atomic mass is 32.1. The molecule has 0 unspecified atom stereocenters. The number of nitrogens with zero attached hydrogens (tertiary/aromatic N) is 3. The van der Waals surface area contributed by atoms with Crippen molar-refractivity contribution in [1.29, 1.82) is 0 Å². The Morgan fingerprint density at radius 1 is 1.21 bits per heavy atom. The molecule has 5 nitrogen and oxygen atoms in total. The Morgan fingerprint density at radius 3 is 2.54 bits per heavy atom. The Hall–Kier alpha value is -1.76. The van der Waals surface area contributed by atoms with Crippen molar-refractivity contribution in [2.24, 2.45) is 0 Å². The van der Waals surface area contributed by atoms with E-state index in [1.807, 2.05) is 0 Å². The van der Waals surface area contributed by atoms with E-state index >= 15 is 0 Å². The van der Waals surface area contributed by atoms with Crippen LogP contribution in [-0.2, 0) is 0 Å². The molecule has 0 radical (unpaired) electrons. The second-order valence-corrected chi connectivity index (χ2v) is 7.28. The van der Waals surface area contributed by atoms with E-state index in [-0.39, 0.29) is 18.0 Å². The topological polar surface area (TPSA) is 48.5 Å². The van der Waals surface area contributed by atoms with Gasteiger partial charge in [-0.3, -0.25) is 14.7 Å². The van der Waals surface area contributed by atoms with Gasteiger partial charge in [-0.15, -0.1) is 11.3 Å². The number of pyridine rings is 1. The van der Waals surface area contributed by atoms with E-state index in [0.717, 1.165) is 26.2 Å². The smallest absolute Gasteiger partial charge is 0.251 e. The van der Waals surface area contributed by atoms with Gasteiger partial charge in [0, 0.05) is 55.1 Å². The molecular weight excluding hydrogens is 320 g/mol. The van der Waals surface area contributed by atoms with Gasteiger partial charge in [-0.1, -0.05) is 6.07 Å². The second kappa shape index (κ2) is 7.88. The lowest BCUT2D eigenvalue weighted by Crippen LogP contribution is -2.51. The minimum absolute atomic E-state index is 0.0349. The van der Waals surface area contributed by atoms with Crippen LogP contribution in [0.15, 0.2) is 42.0 Å². The maximum atomic E-state index is 12.5. The number of piperazine rings is 1. The molecule has 24 heavy (non-hydrogen) atoms. The summed E-state index contributed by atoms with van der Waals surface area (Å²) in [6, 6.07) is 8.00. The first-order valence-electron chi connectivity index (χ1n) is 8.32. The molecule has 0 aliphatic carbocycles. The number of aromatic nitrogens is 1. The summed E-state index contributed by atoms with van der Waals surface area (Å²) in [5.41, 5.74) is 0.653. The SMILES string of the molecule is C[C@@H](NC(=O)c1ccncc1)[C@@H](c1cccs1)N1CCN(C)CC1. The lowest BCUT2D eigenvalue weighted by atomic mass is 10.0. The quantitative estimate of drug-likeness (QED) is 0.904. The lowest BCUT2D eigenvalue weighted by molar-refractivity contribution is 0.0799. The van der Waals surface area contributed by atoms with Gasteiger partial charge in [0.25, 0.3) is 5.91 Å². The Bertz CT molecular complexity index is 638. The molecule has 0 spiro atoms. The second-order valence-electron chi connectivity index (χ2n) is 6.30. The van der Waals surface area contributed by atoms with Crippen molar-refractivity contribution in [2.45, 2.75) is 19.0 Å². The zero-order valence-corrected chi connectivity index (χ0v) is 15.0. The number of amides is 1. The number of carbonyl (C=O) groups is 1. The van der Waals surface area contributed by atoms with E-state index < -0.39 is 0 Å². The maximum absolute atomic E-state index is 12.5. The van der Waals surface area contributed by atoms with Gasteiger partial charge < -0.3 is 10.2 Å². The van der Waals surface area contributed by atoms with Gasteiger partial charge in [0.05, 0.1) is 6.04 Å². The monoisotopic (exact) mass is 344 g/mol. The zero-order chi connectivity index (χ0) is 16.9. The zero-order valence-electron chi connectivity index (χ0n) is 14.2. The highest BCUT2D eigenvalue weighted by molar-refractivity contribution is 7.10. The van der Waals surface area contributed by atoms with Crippen LogP contribution in [0.1, 0.15) is 28.2 Å². The molecule has 2 atom stereocenters. The summed E-state index contributed by atoms with van der Waals surface area (Å²) >= 11 is 1.76. The van der Waals surface area contributed by atoms with Crippen LogP contribution in [0.2, 0.25) is 0 Å². The maximum Gasteiger partial charge on any atom is 0.251 e. The van der Waals surface area contributed by atoms with Crippen molar-refractivity contribution in [3.05, 3.63) is 52.5 Å². The Morgan fingerprint density at radius 2 is 1.92 bits per heavy atom. The molecule has 1 saturated heterocycles. The van der Waals surface area contributed by atoms with Gasteiger partial charge in [-0.2, -0.15) is 0 Å². The van der Waals surface area contributed by atoms with Crippen LogP contribution in [0, 0.1) is 0 Å².